The largest absolute Gasteiger partial charge is 0.306 e. The molecule has 0 atom stereocenters. The molecule has 0 unspecified atom stereocenters. The Morgan fingerprint density at radius 3 is 2.64 bits per heavy atom. The molecule has 0 aliphatic carbocycles. The van der Waals surface area contributed by atoms with E-state index in [1.807, 2.05) is 42.5 Å². The van der Waals surface area contributed by atoms with E-state index in [-0.39, 0.29) is 5.56 Å². The summed E-state index contributed by atoms with van der Waals surface area (Å²) in [5.41, 5.74) is 1.95. The van der Waals surface area contributed by atoms with Gasteiger partial charge < -0.3 is 4.98 Å². The molecule has 1 N–H and O–H groups in total. The molecular weight excluding hydrogens is 298 g/mol. The molecule has 0 aliphatic rings. The molecule has 0 bridgehead atoms. The number of aromatic amines is 1. The predicted octanol–water partition coefficient (Wildman–Crippen LogP) is 3.79. The van der Waals surface area contributed by atoms with Gasteiger partial charge in [0.05, 0.1) is 21.4 Å². The number of benzene rings is 2. The maximum absolute atomic E-state index is 12.2. The zero-order chi connectivity index (χ0) is 15.1. The van der Waals surface area contributed by atoms with E-state index in [1.54, 1.807) is 12.3 Å². The van der Waals surface area contributed by atoms with Crippen LogP contribution in [0.3, 0.4) is 0 Å². The smallest absolute Gasteiger partial charge is 0.259 e. The molecule has 0 amide bonds. The van der Waals surface area contributed by atoms with Crippen molar-refractivity contribution in [3.63, 3.8) is 0 Å². The Balaban J connectivity index is 2.03. The standard InChI is InChI=1S/C17H10ClN3O/c18-15-10-5-3-9-19-13(10)8-7-12(15)16-20-14-6-2-1-4-11(14)17(22)21-16/h1-9H,(H,20,21,22). The van der Waals surface area contributed by atoms with E-state index < -0.39 is 0 Å². The van der Waals surface area contributed by atoms with Gasteiger partial charge in [-0.1, -0.05) is 23.7 Å². The van der Waals surface area contributed by atoms with Crippen LogP contribution in [-0.2, 0) is 0 Å². The Hall–Kier alpha value is -2.72. The third-order valence-corrected chi connectivity index (χ3v) is 3.99. The summed E-state index contributed by atoms with van der Waals surface area (Å²) in [7, 11) is 0. The monoisotopic (exact) mass is 307 g/mol. The summed E-state index contributed by atoms with van der Waals surface area (Å²) in [5, 5.41) is 1.92. The van der Waals surface area contributed by atoms with Crippen LogP contribution in [0.1, 0.15) is 0 Å². The van der Waals surface area contributed by atoms with E-state index >= 15 is 0 Å². The van der Waals surface area contributed by atoms with Crippen molar-refractivity contribution in [3.8, 4) is 11.4 Å². The highest BCUT2D eigenvalue weighted by molar-refractivity contribution is 6.38. The van der Waals surface area contributed by atoms with E-state index in [0.29, 0.717) is 27.3 Å². The SMILES string of the molecule is O=c1[nH]c(-c2ccc3ncccc3c2Cl)nc2ccccc12. The van der Waals surface area contributed by atoms with Crippen molar-refractivity contribution in [1.29, 1.82) is 0 Å². The molecule has 0 saturated carbocycles. The van der Waals surface area contributed by atoms with Gasteiger partial charge in [-0.2, -0.15) is 0 Å². The molecule has 0 radical (unpaired) electrons. The number of nitrogens with zero attached hydrogens (tertiary/aromatic N) is 2. The van der Waals surface area contributed by atoms with Crippen molar-refractivity contribution in [2.45, 2.75) is 0 Å². The van der Waals surface area contributed by atoms with Crippen LogP contribution in [0.25, 0.3) is 33.2 Å². The average molecular weight is 308 g/mol. The van der Waals surface area contributed by atoms with Gasteiger partial charge in [0.25, 0.3) is 5.56 Å². The van der Waals surface area contributed by atoms with E-state index in [1.165, 1.54) is 0 Å². The molecule has 2 heterocycles. The number of aromatic nitrogens is 3. The van der Waals surface area contributed by atoms with E-state index in [2.05, 4.69) is 15.0 Å². The average Bonchev–Trinajstić information content (AvgIpc) is 2.55. The molecule has 0 fully saturated rings. The number of hydrogen-bond donors (Lipinski definition) is 1. The molecule has 0 spiro atoms. The second-order valence-electron chi connectivity index (χ2n) is 4.93. The minimum Gasteiger partial charge on any atom is -0.306 e. The van der Waals surface area contributed by atoms with Gasteiger partial charge in [-0.3, -0.25) is 9.78 Å². The van der Waals surface area contributed by atoms with Gasteiger partial charge in [0.15, 0.2) is 0 Å². The summed E-state index contributed by atoms with van der Waals surface area (Å²) in [6.07, 6.45) is 1.72. The maximum Gasteiger partial charge on any atom is 0.259 e. The number of halogens is 1. The first-order valence-corrected chi connectivity index (χ1v) is 7.14. The Kier molecular flexibility index (Phi) is 2.91. The van der Waals surface area contributed by atoms with Gasteiger partial charge in [-0.15, -0.1) is 0 Å². The normalized spacial score (nSPS) is 11.1. The molecule has 4 nitrogen and oxygen atoms in total. The molecule has 2 aromatic heterocycles. The first-order valence-electron chi connectivity index (χ1n) is 6.77. The lowest BCUT2D eigenvalue weighted by Gasteiger charge is -2.07. The maximum atomic E-state index is 12.2. The third kappa shape index (κ3) is 1.96. The van der Waals surface area contributed by atoms with Gasteiger partial charge in [0, 0.05) is 17.1 Å². The lowest BCUT2D eigenvalue weighted by atomic mass is 10.1. The van der Waals surface area contributed by atoms with Crippen molar-refractivity contribution < 1.29 is 0 Å². The number of hydrogen-bond acceptors (Lipinski definition) is 3. The predicted molar refractivity (Wildman–Crippen MR) is 88.1 cm³/mol. The molecule has 0 aliphatic heterocycles. The quantitative estimate of drug-likeness (QED) is 0.582. The van der Waals surface area contributed by atoms with Crippen LogP contribution in [-0.4, -0.2) is 15.0 Å². The number of nitrogens with one attached hydrogen (secondary N) is 1. The minimum atomic E-state index is -0.178. The minimum absolute atomic E-state index is 0.178. The molecule has 106 valence electrons. The van der Waals surface area contributed by atoms with E-state index in [0.717, 1.165) is 10.9 Å². The molecule has 2 aromatic carbocycles. The van der Waals surface area contributed by atoms with Crippen LogP contribution in [0.15, 0.2) is 59.5 Å². The van der Waals surface area contributed by atoms with Gasteiger partial charge in [0.1, 0.15) is 5.82 Å². The topological polar surface area (TPSA) is 58.6 Å². The zero-order valence-corrected chi connectivity index (χ0v) is 12.1. The Labute approximate surface area is 130 Å². The first-order chi connectivity index (χ1) is 10.7. The molecule has 22 heavy (non-hydrogen) atoms. The number of H-pyrrole nitrogens is 1. The molecular formula is C17H10ClN3O. The van der Waals surface area contributed by atoms with Crippen LogP contribution in [0.2, 0.25) is 5.02 Å². The molecule has 4 rings (SSSR count). The first kappa shape index (κ1) is 13.0. The van der Waals surface area contributed by atoms with Crippen LogP contribution < -0.4 is 5.56 Å². The lowest BCUT2D eigenvalue weighted by molar-refractivity contribution is 1.18. The molecule has 4 aromatic rings. The number of rotatable bonds is 1. The lowest BCUT2D eigenvalue weighted by Crippen LogP contribution is -2.09. The Morgan fingerprint density at radius 2 is 1.73 bits per heavy atom. The zero-order valence-electron chi connectivity index (χ0n) is 11.4. The molecule has 5 heteroatoms. The summed E-state index contributed by atoms with van der Waals surface area (Å²) >= 11 is 6.48. The second kappa shape index (κ2) is 4.93. The Bertz CT molecular complexity index is 1070. The highest BCUT2D eigenvalue weighted by Gasteiger charge is 2.11. The fraction of sp³-hybridized carbons (Fsp3) is 0. The van der Waals surface area contributed by atoms with Crippen molar-refractivity contribution in [3.05, 3.63) is 70.1 Å². The van der Waals surface area contributed by atoms with Crippen molar-refractivity contribution >= 4 is 33.4 Å². The number of pyridine rings is 1. The van der Waals surface area contributed by atoms with Crippen molar-refractivity contribution in [2.75, 3.05) is 0 Å². The van der Waals surface area contributed by atoms with E-state index in [9.17, 15) is 4.79 Å². The van der Waals surface area contributed by atoms with E-state index in [4.69, 9.17) is 11.6 Å². The fourth-order valence-corrected chi connectivity index (χ4v) is 2.83. The van der Waals surface area contributed by atoms with Crippen molar-refractivity contribution in [1.82, 2.24) is 15.0 Å². The number of fused-ring (bicyclic) bond motifs is 2. The summed E-state index contributed by atoms with van der Waals surface area (Å²) in [6.45, 7) is 0. The van der Waals surface area contributed by atoms with Gasteiger partial charge >= 0.3 is 0 Å². The van der Waals surface area contributed by atoms with Gasteiger partial charge in [-0.05, 0) is 36.4 Å². The fourth-order valence-electron chi connectivity index (χ4n) is 2.51. The Morgan fingerprint density at radius 1 is 0.909 bits per heavy atom. The highest BCUT2D eigenvalue weighted by Crippen LogP contribution is 2.31. The van der Waals surface area contributed by atoms with Gasteiger partial charge in [-0.25, -0.2) is 4.98 Å². The number of para-hydroxylation sites is 1. The summed E-state index contributed by atoms with van der Waals surface area (Å²) in [5.74, 6) is 0.458. The third-order valence-electron chi connectivity index (χ3n) is 3.59. The van der Waals surface area contributed by atoms with Crippen molar-refractivity contribution in [2.24, 2.45) is 0 Å². The highest BCUT2D eigenvalue weighted by atomic mass is 35.5. The summed E-state index contributed by atoms with van der Waals surface area (Å²) in [6, 6.07) is 14.6. The summed E-state index contributed by atoms with van der Waals surface area (Å²) < 4.78 is 0. The summed E-state index contributed by atoms with van der Waals surface area (Å²) in [4.78, 5) is 23.8. The van der Waals surface area contributed by atoms with Crippen LogP contribution in [0, 0.1) is 0 Å². The van der Waals surface area contributed by atoms with Crippen LogP contribution >= 0.6 is 11.6 Å². The van der Waals surface area contributed by atoms with Gasteiger partial charge in [0.2, 0.25) is 0 Å². The molecule has 0 saturated heterocycles. The van der Waals surface area contributed by atoms with Crippen LogP contribution in [0.5, 0.6) is 0 Å². The van der Waals surface area contributed by atoms with Crippen LogP contribution in [0.4, 0.5) is 0 Å². The second-order valence-corrected chi connectivity index (χ2v) is 5.31.